The largest absolute Gasteiger partial charge is 0.411 e. The number of fused-ring (bicyclic) bond motifs is 1. The zero-order chi connectivity index (χ0) is 14.6. The number of H-pyrrole nitrogens is 1. The number of nitrogens with zero attached hydrogens (tertiary/aromatic N) is 1. The van der Waals surface area contributed by atoms with E-state index in [-0.39, 0.29) is 25.3 Å². The van der Waals surface area contributed by atoms with E-state index in [9.17, 15) is 18.0 Å². The standard InChI is InChI=1S/C11H12F3N3O2S/c12-11(13,14)6-19-3-2-15-5-8-16-7-1-4-20-9(7)10(18)17-8/h1,4,15H,2-3,5-6H2,(H,16,17,18). The topological polar surface area (TPSA) is 67.0 Å². The van der Waals surface area contributed by atoms with Gasteiger partial charge in [0.05, 0.1) is 18.7 Å². The monoisotopic (exact) mass is 307 g/mol. The molecule has 0 saturated carbocycles. The Morgan fingerprint density at radius 1 is 1.45 bits per heavy atom. The fourth-order valence-corrected chi connectivity index (χ4v) is 2.27. The lowest BCUT2D eigenvalue weighted by Crippen LogP contribution is -2.25. The Morgan fingerprint density at radius 2 is 2.25 bits per heavy atom. The van der Waals surface area contributed by atoms with Gasteiger partial charge in [-0.3, -0.25) is 4.79 Å². The summed E-state index contributed by atoms with van der Waals surface area (Å²) in [5.74, 6) is 0.441. The van der Waals surface area contributed by atoms with Crippen LogP contribution in [0.15, 0.2) is 16.2 Å². The van der Waals surface area contributed by atoms with E-state index in [1.54, 1.807) is 11.4 Å². The summed E-state index contributed by atoms with van der Waals surface area (Å²) in [6.07, 6.45) is -4.31. The molecule has 0 atom stereocenters. The number of nitrogens with one attached hydrogen (secondary N) is 2. The van der Waals surface area contributed by atoms with E-state index in [0.29, 0.717) is 16.0 Å². The van der Waals surface area contributed by atoms with Gasteiger partial charge >= 0.3 is 6.18 Å². The number of halogens is 3. The summed E-state index contributed by atoms with van der Waals surface area (Å²) in [7, 11) is 0. The molecule has 0 fully saturated rings. The Morgan fingerprint density at radius 3 is 3.00 bits per heavy atom. The van der Waals surface area contributed by atoms with Crippen LogP contribution in [-0.2, 0) is 11.3 Å². The van der Waals surface area contributed by atoms with Crippen molar-refractivity contribution in [1.29, 1.82) is 0 Å². The van der Waals surface area contributed by atoms with Gasteiger partial charge < -0.3 is 15.0 Å². The fraction of sp³-hybridized carbons (Fsp3) is 0.455. The first-order valence-electron chi connectivity index (χ1n) is 5.77. The normalized spacial score (nSPS) is 12.2. The molecule has 2 rings (SSSR count). The van der Waals surface area contributed by atoms with E-state index >= 15 is 0 Å². The zero-order valence-electron chi connectivity index (χ0n) is 10.3. The molecule has 0 aliphatic rings. The average molecular weight is 307 g/mol. The molecule has 0 amide bonds. The third-order valence-electron chi connectivity index (χ3n) is 2.35. The van der Waals surface area contributed by atoms with Gasteiger partial charge in [-0.05, 0) is 11.4 Å². The molecule has 0 aliphatic heterocycles. The molecule has 0 unspecified atom stereocenters. The number of aromatic amines is 1. The van der Waals surface area contributed by atoms with Crippen LogP contribution in [0.3, 0.4) is 0 Å². The minimum atomic E-state index is -4.31. The third kappa shape index (κ3) is 4.29. The van der Waals surface area contributed by atoms with E-state index in [1.165, 1.54) is 11.3 Å². The molecule has 0 bridgehead atoms. The molecule has 110 valence electrons. The second-order valence-corrected chi connectivity index (χ2v) is 4.91. The van der Waals surface area contributed by atoms with E-state index in [2.05, 4.69) is 20.0 Å². The van der Waals surface area contributed by atoms with Gasteiger partial charge in [0.2, 0.25) is 0 Å². The van der Waals surface area contributed by atoms with Crippen molar-refractivity contribution in [1.82, 2.24) is 15.3 Å². The molecule has 0 aromatic carbocycles. The van der Waals surface area contributed by atoms with Crippen molar-refractivity contribution in [3.05, 3.63) is 27.6 Å². The van der Waals surface area contributed by atoms with Crippen LogP contribution in [0.2, 0.25) is 0 Å². The molecule has 0 saturated heterocycles. The zero-order valence-corrected chi connectivity index (χ0v) is 11.1. The maximum atomic E-state index is 11.8. The number of ether oxygens (including phenoxy) is 1. The summed E-state index contributed by atoms with van der Waals surface area (Å²) in [6.45, 7) is -0.826. The van der Waals surface area contributed by atoms with Crippen LogP contribution in [-0.4, -0.2) is 35.9 Å². The molecular weight excluding hydrogens is 295 g/mol. The Kier molecular flexibility index (Phi) is 4.73. The second kappa shape index (κ2) is 6.33. The van der Waals surface area contributed by atoms with Gasteiger partial charge in [0.25, 0.3) is 5.56 Å². The average Bonchev–Trinajstić information content (AvgIpc) is 2.81. The maximum absolute atomic E-state index is 11.8. The fourth-order valence-electron chi connectivity index (χ4n) is 1.54. The minimum Gasteiger partial charge on any atom is -0.371 e. The first-order chi connectivity index (χ1) is 9.46. The Bertz CT molecular complexity index is 623. The van der Waals surface area contributed by atoms with Gasteiger partial charge in [0, 0.05) is 6.54 Å². The molecule has 0 spiro atoms. The van der Waals surface area contributed by atoms with E-state index in [0.717, 1.165) is 0 Å². The van der Waals surface area contributed by atoms with Crippen LogP contribution in [0.4, 0.5) is 13.2 Å². The SMILES string of the molecule is O=c1[nH]c(CNCCOCC(F)(F)F)nc2ccsc12. The van der Waals surface area contributed by atoms with Gasteiger partial charge in [-0.15, -0.1) is 11.3 Å². The summed E-state index contributed by atoms with van der Waals surface area (Å²) in [5.41, 5.74) is 0.402. The predicted molar refractivity (Wildman–Crippen MR) is 68.8 cm³/mol. The summed E-state index contributed by atoms with van der Waals surface area (Å²) in [5, 5.41) is 4.62. The molecule has 20 heavy (non-hydrogen) atoms. The van der Waals surface area contributed by atoms with Crippen LogP contribution in [0.25, 0.3) is 10.2 Å². The first-order valence-corrected chi connectivity index (χ1v) is 6.65. The molecule has 2 heterocycles. The first kappa shape index (κ1) is 14.9. The molecule has 5 nitrogen and oxygen atoms in total. The third-order valence-corrected chi connectivity index (χ3v) is 3.25. The summed E-state index contributed by atoms with van der Waals surface area (Å²) >= 11 is 1.31. The van der Waals surface area contributed by atoms with Crippen LogP contribution < -0.4 is 10.9 Å². The smallest absolute Gasteiger partial charge is 0.371 e. The van der Waals surface area contributed by atoms with Gasteiger partial charge in [-0.25, -0.2) is 4.98 Å². The number of aromatic nitrogens is 2. The Hall–Kier alpha value is -1.45. The maximum Gasteiger partial charge on any atom is 0.411 e. The highest BCUT2D eigenvalue weighted by molar-refractivity contribution is 7.17. The summed E-state index contributed by atoms with van der Waals surface area (Å²) in [6, 6.07) is 1.74. The van der Waals surface area contributed by atoms with Crippen molar-refractivity contribution >= 4 is 21.6 Å². The number of alkyl halides is 3. The number of thiophene rings is 1. The molecule has 2 N–H and O–H groups in total. The van der Waals surface area contributed by atoms with Crippen molar-refractivity contribution in [3.8, 4) is 0 Å². The van der Waals surface area contributed by atoms with Crippen molar-refractivity contribution in [2.45, 2.75) is 12.7 Å². The van der Waals surface area contributed by atoms with Crippen molar-refractivity contribution < 1.29 is 17.9 Å². The molecule has 2 aromatic rings. The van der Waals surface area contributed by atoms with Crippen LogP contribution in [0, 0.1) is 0 Å². The van der Waals surface area contributed by atoms with Gasteiger partial charge in [0.1, 0.15) is 17.1 Å². The second-order valence-electron chi connectivity index (χ2n) is 3.99. The van der Waals surface area contributed by atoms with E-state index in [4.69, 9.17) is 0 Å². The molecule has 9 heteroatoms. The van der Waals surface area contributed by atoms with Gasteiger partial charge in [-0.1, -0.05) is 0 Å². The van der Waals surface area contributed by atoms with E-state index < -0.39 is 12.8 Å². The van der Waals surface area contributed by atoms with Crippen LogP contribution in [0.5, 0.6) is 0 Å². The summed E-state index contributed by atoms with van der Waals surface area (Å²) in [4.78, 5) is 18.5. The van der Waals surface area contributed by atoms with Crippen molar-refractivity contribution in [2.75, 3.05) is 19.8 Å². The number of hydrogen-bond donors (Lipinski definition) is 2. The van der Waals surface area contributed by atoms with Crippen molar-refractivity contribution in [3.63, 3.8) is 0 Å². The van der Waals surface area contributed by atoms with Gasteiger partial charge in [0.15, 0.2) is 0 Å². The number of hydrogen-bond acceptors (Lipinski definition) is 5. The lowest BCUT2D eigenvalue weighted by Gasteiger charge is -2.08. The van der Waals surface area contributed by atoms with Crippen LogP contribution >= 0.6 is 11.3 Å². The Balaban J connectivity index is 1.77. The van der Waals surface area contributed by atoms with E-state index in [1.807, 2.05) is 0 Å². The summed E-state index contributed by atoms with van der Waals surface area (Å²) < 4.78 is 40.4. The molecule has 2 aromatic heterocycles. The highest BCUT2D eigenvalue weighted by Crippen LogP contribution is 2.14. The lowest BCUT2D eigenvalue weighted by molar-refractivity contribution is -0.173. The lowest BCUT2D eigenvalue weighted by atomic mass is 10.4. The molecule has 0 radical (unpaired) electrons. The quantitative estimate of drug-likeness (QED) is 0.797. The van der Waals surface area contributed by atoms with Gasteiger partial charge in [-0.2, -0.15) is 13.2 Å². The highest BCUT2D eigenvalue weighted by Gasteiger charge is 2.27. The minimum absolute atomic E-state index is 0.0650. The number of rotatable bonds is 6. The predicted octanol–water partition coefficient (Wildman–Crippen LogP) is 1.65. The van der Waals surface area contributed by atoms with Crippen LogP contribution in [0.1, 0.15) is 5.82 Å². The van der Waals surface area contributed by atoms with Crippen molar-refractivity contribution in [2.24, 2.45) is 0 Å². The highest BCUT2D eigenvalue weighted by atomic mass is 32.1. The molecular formula is C11H12F3N3O2S. The Labute approximate surface area is 115 Å². The molecule has 0 aliphatic carbocycles.